The number of nitrogens with two attached hydrogens (primary N) is 1. The van der Waals surface area contributed by atoms with Crippen LogP contribution in [0.1, 0.15) is 36.1 Å². The summed E-state index contributed by atoms with van der Waals surface area (Å²) in [7, 11) is 0. The Balaban J connectivity index is 1.40. The minimum Gasteiger partial charge on any atom is -0.399 e. The van der Waals surface area contributed by atoms with Gasteiger partial charge in [0.05, 0.1) is 18.1 Å². The Kier molecular flexibility index (Phi) is 6.53. The minimum absolute atomic E-state index is 0.0715. The second-order valence-corrected chi connectivity index (χ2v) is 9.13. The highest BCUT2D eigenvalue weighted by molar-refractivity contribution is 6.03. The minimum atomic E-state index is -0.801. The van der Waals surface area contributed by atoms with Crippen molar-refractivity contribution in [3.63, 3.8) is 0 Å². The molecule has 5 rings (SSSR count). The predicted molar refractivity (Wildman–Crippen MR) is 137 cm³/mol. The van der Waals surface area contributed by atoms with Crippen molar-refractivity contribution in [2.75, 3.05) is 10.6 Å². The Hall–Kier alpha value is -4.03. The normalized spacial score (nSPS) is 18.1. The van der Waals surface area contributed by atoms with Crippen LogP contribution in [-0.4, -0.2) is 11.0 Å². The second kappa shape index (κ2) is 9.91. The lowest BCUT2D eigenvalue weighted by molar-refractivity contribution is -0.131. The number of aliphatic hydroxyl groups is 1. The van der Waals surface area contributed by atoms with Crippen molar-refractivity contribution in [1.82, 2.24) is 0 Å². The Bertz CT molecular complexity index is 1360. The van der Waals surface area contributed by atoms with Crippen LogP contribution in [0.5, 0.6) is 0 Å². The molecule has 1 aliphatic rings. The number of hydrogen-bond donors (Lipinski definition) is 2. The van der Waals surface area contributed by atoms with Crippen LogP contribution >= 0.6 is 0 Å². The molecule has 0 saturated carbocycles. The SMILES string of the molecule is Nc1cccc(-c2ccc([C@@H]3[C@@H](CC[C@H](O)c4ccc(F)cc4)C(=O)N3c3ccc(F)cc3)cc2)c1. The van der Waals surface area contributed by atoms with Gasteiger partial charge >= 0.3 is 0 Å². The van der Waals surface area contributed by atoms with E-state index < -0.39 is 6.10 Å². The Morgan fingerprint density at radius 1 is 0.833 bits per heavy atom. The lowest BCUT2D eigenvalue weighted by Crippen LogP contribution is -2.55. The summed E-state index contributed by atoms with van der Waals surface area (Å²) >= 11 is 0. The Labute approximate surface area is 208 Å². The zero-order valence-electron chi connectivity index (χ0n) is 19.5. The number of rotatable bonds is 7. The van der Waals surface area contributed by atoms with Crippen LogP contribution in [0.25, 0.3) is 11.1 Å². The standard InChI is InChI=1S/C30H26F2N2O2/c31-23-10-8-20(9-11-23)28(35)17-16-27-29(34(30(27)36)26-14-12-24(32)13-15-26)21-6-4-19(5-7-21)22-2-1-3-25(33)18-22/h1-15,18,27-29,35H,16-17,33H2/t27-,28+,29-/m1/s1. The van der Waals surface area contributed by atoms with Gasteiger partial charge in [0.15, 0.2) is 0 Å². The zero-order valence-corrected chi connectivity index (χ0v) is 19.5. The number of carbonyl (C=O) groups excluding carboxylic acids is 1. The first-order chi connectivity index (χ1) is 17.4. The molecule has 4 aromatic carbocycles. The number of hydrogen-bond acceptors (Lipinski definition) is 3. The number of nitrogen functional groups attached to an aromatic ring is 1. The summed E-state index contributed by atoms with van der Waals surface area (Å²) in [5.41, 5.74) is 10.8. The van der Waals surface area contributed by atoms with Gasteiger partial charge in [0, 0.05) is 11.4 Å². The van der Waals surface area contributed by atoms with Crippen molar-refractivity contribution in [3.8, 4) is 11.1 Å². The van der Waals surface area contributed by atoms with Crippen LogP contribution in [0.4, 0.5) is 20.2 Å². The molecule has 1 heterocycles. The van der Waals surface area contributed by atoms with Crippen molar-refractivity contribution < 1.29 is 18.7 Å². The molecule has 1 amide bonds. The number of anilines is 2. The van der Waals surface area contributed by atoms with Gasteiger partial charge in [0.1, 0.15) is 11.6 Å². The molecule has 0 unspecified atom stereocenters. The first-order valence-corrected chi connectivity index (χ1v) is 11.9. The second-order valence-electron chi connectivity index (χ2n) is 9.13. The molecule has 6 heteroatoms. The highest BCUT2D eigenvalue weighted by Crippen LogP contribution is 2.46. The van der Waals surface area contributed by atoms with Gasteiger partial charge in [-0.1, -0.05) is 48.5 Å². The molecule has 1 aliphatic heterocycles. The number of nitrogens with zero attached hydrogens (tertiary/aromatic N) is 1. The van der Waals surface area contributed by atoms with E-state index >= 15 is 0 Å². The van der Waals surface area contributed by atoms with E-state index in [-0.39, 0.29) is 29.5 Å². The molecule has 0 aliphatic carbocycles. The number of β-lactam (4-membered cyclic amide) rings is 1. The van der Waals surface area contributed by atoms with E-state index in [1.54, 1.807) is 29.2 Å². The van der Waals surface area contributed by atoms with Crippen molar-refractivity contribution in [1.29, 1.82) is 0 Å². The fourth-order valence-electron chi connectivity index (χ4n) is 4.88. The predicted octanol–water partition coefficient (Wildman–Crippen LogP) is 6.43. The van der Waals surface area contributed by atoms with E-state index in [4.69, 9.17) is 5.73 Å². The van der Waals surface area contributed by atoms with E-state index in [2.05, 4.69) is 0 Å². The van der Waals surface area contributed by atoms with Crippen LogP contribution in [0.2, 0.25) is 0 Å². The summed E-state index contributed by atoms with van der Waals surface area (Å²) in [6, 6.07) is 27.0. The Morgan fingerprint density at radius 3 is 2.11 bits per heavy atom. The summed E-state index contributed by atoms with van der Waals surface area (Å²) in [5, 5.41) is 10.6. The number of benzene rings is 4. The molecular formula is C30H26F2N2O2. The highest BCUT2D eigenvalue weighted by atomic mass is 19.1. The smallest absolute Gasteiger partial charge is 0.233 e. The lowest BCUT2D eigenvalue weighted by atomic mass is 9.78. The molecule has 1 fully saturated rings. The largest absolute Gasteiger partial charge is 0.399 e. The van der Waals surface area contributed by atoms with E-state index in [0.717, 1.165) is 16.7 Å². The van der Waals surface area contributed by atoms with Gasteiger partial charge in [-0.15, -0.1) is 0 Å². The fourth-order valence-corrected chi connectivity index (χ4v) is 4.88. The highest BCUT2D eigenvalue weighted by Gasteiger charge is 2.48. The first kappa shape index (κ1) is 23.7. The zero-order chi connectivity index (χ0) is 25.2. The van der Waals surface area contributed by atoms with Gasteiger partial charge in [0.2, 0.25) is 5.91 Å². The summed E-state index contributed by atoms with van der Waals surface area (Å²) in [4.78, 5) is 14.9. The third-order valence-electron chi connectivity index (χ3n) is 6.80. The molecule has 0 radical (unpaired) electrons. The molecule has 36 heavy (non-hydrogen) atoms. The number of halogens is 2. The van der Waals surface area contributed by atoms with Crippen LogP contribution in [0.15, 0.2) is 97.1 Å². The number of aliphatic hydroxyl groups excluding tert-OH is 1. The molecule has 1 saturated heterocycles. The Morgan fingerprint density at radius 2 is 1.47 bits per heavy atom. The van der Waals surface area contributed by atoms with Gasteiger partial charge in [-0.25, -0.2) is 8.78 Å². The molecule has 3 N–H and O–H groups in total. The lowest BCUT2D eigenvalue weighted by Gasteiger charge is -2.48. The molecule has 182 valence electrons. The third kappa shape index (κ3) is 4.72. The van der Waals surface area contributed by atoms with Gasteiger partial charge in [-0.05, 0) is 83.6 Å². The number of carbonyl (C=O) groups is 1. The van der Waals surface area contributed by atoms with Gasteiger partial charge in [-0.3, -0.25) is 4.79 Å². The molecule has 4 nitrogen and oxygen atoms in total. The van der Waals surface area contributed by atoms with E-state index in [1.807, 2.05) is 48.5 Å². The molecule has 3 atom stereocenters. The fraction of sp³-hybridized carbons (Fsp3) is 0.167. The molecule has 0 aromatic heterocycles. The van der Waals surface area contributed by atoms with E-state index in [9.17, 15) is 18.7 Å². The summed E-state index contributed by atoms with van der Waals surface area (Å²) < 4.78 is 26.8. The van der Waals surface area contributed by atoms with Gasteiger partial charge in [-0.2, -0.15) is 0 Å². The molecule has 4 aromatic rings. The van der Waals surface area contributed by atoms with Crippen molar-refractivity contribution >= 4 is 17.3 Å². The van der Waals surface area contributed by atoms with Crippen molar-refractivity contribution in [2.24, 2.45) is 5.92 Å². The van der Waals surface area contributed by atoms with Crippen molar-refractivity contribution in [2.45, 2.75) is 25.0 Å². The van der Waals surface area contributed by atoms with Crippen LogP contribution < -0.4 is 10.6 Å². The van der Waals surface area contributed by atoms with Crippen LogP contribution in [0, 0.1) is 17.6 Å². The van der Waals surface area contributed by atoms with Gasteiger partial charge < -0.3 is 15.7 Å². The van der Waals surface area contributed by atoms with Gasteiger partial charge in [0.25, 0.3) is 0 Å². The first-order valence-electron chi connectivity index (χ1n) is 11.9. The molecular weight excluding hydrogens is 458 g/mol. The maximum absolute atomic E-state index is 13.5. The summed E-state index contributed by atoms with van der Waals surface area (Å²) in [6.07, 6.45) is 0.0123. The maximum atomic E-state index is 13.5. The third-order valence-corrected chi connectivity index (χ3v) is 6.80. The summed E-state index contributed by atoms with van der Waals surface area (Å²) in [5.74, 6) is -1.15. The average Bonchev–Trinajstić information content (AvgIpc) is 2.89. The maximum Gasteiger partial charge on any atom is 0.233 e. The van der Waals surface area contributed by atoms with E-state index in [1.165, 1.54) is 24.3 Å². The average molecular weight is 485 g/mol. The van der Waals surface area contributed by atoms with E-state index in [0.29, 0.717) is 29.8 Å². The van der Waals surface area contributed by atoms with Crippen LogP contribution in [0.3, 0.4) is 0 Å². The van der Waals surface area contributed by atoms with Crippen molar-refractivity contribution in [3.05, 3.63) is 120 Å². The quantitative estimate of drug-likeness (QED) is 0.235. The molecule has 0 bridgehead atoms. The number of amides is 1. The van der Waals surface area contributed by atoms with Crippen LogP contribution in [-0.2, 0) is 4.79 Å². The summed E-state index contributed by atoms with van der Waals surface area (Å²) in [6.45, 7) is 0. The molecule has 0 spiro atoms. The topological polar surface area (TPSA) is 66.6 Å². The monoisotopic (exact) mass is 484 g/mol.